The van der Waals surface area contributed by atoms with Gasteiger partial charge in [-0.3, -0.25) is 9.78 Å². The average Bonchev–Trinajstić information content (AvgIpc) is 3.18. The molecule has 0 aliphatic carbocycles. The van der Waals surface area contributed by atoms with E-state index in [9.17, 15) is 15.0 Å². The van der Waals surface area contributed by atoms with Crippen molar-refractivity contribution >= 4 is 28.5 Å². The zero-order valence-electron chi connectivity index (χ0n) is 16.2. The summed E-state index contributed by atoms with van der Waals surface area (Å²) in [5.74, 6) is -1.02. The van der Waals surface area contributed by atoms with E-state index in [1.807, 2.05) is 18.2 Å². The number of hydrogen-bond donors (Lipinski definition) is 3. The number of halogens is 1. The van der Waals surface area contributed by atoms with Gasteiger partial charge in [-0.25, -0.2) is 0 Å². The van der Waals surface area contributed by atoms with Gasteiger partial charge in [0.1, 0.15) is 30.6 Å². The number of ether oxygens (including phenoxy) is 2. The second-order valence-corrected chi connectivity index (χ2v) is 7.37. The minimum absolute atomic E-state index is 0.229. The summed E-state index contributed by atoms with van der Waals surface area (Å²) in [5, 5.41) is 23.2. The number of benzene rings is 1. The fraction of sp³-hybridized carbons (Fsp3) is 0.350. The van der Waals surface area contributed by atoms with E-state index in [1.165, 1.54) is 0 Å². The molecule has 160 valence electrons. The van der Waals surface area contributed by atoms with E-state index in [1.54, 1.807) is 25.3 Å². The molecule has 1 atom stereocenters. The molecule has 0 amide bonds. The lowest BCUT2D eigenvalue weighted by atomic mass is 10.0. The monoisotopic (exact) mass is 435 g/mol. The number of fused-ring (bicyclic) bond motifs is 1. The number of pyridine rings is 1. The Balaban J connectivity index is 1.74. The van der Waals surface area contributed by atoms with Gasteiger partial charge >= 0.3 is 5.97 Å². The van der Waals surface area contributed by atoms with Gasteiger partial charge in [-0.2, -0.15) is 0 Å². The largest absolute Gasteiger partial charge is 0.486 e. The molecule has 10 heteroatoms. The summed E-state index contributed by atoms with van der Waals surface area (Å²) in [5.41, 5.74) is 5.77. The summed E-state index contributed by atoms with van der Waals surface area (Å²) < 4.78 is 16.2. The Labute approximate surface area is 177 Å². The van der Waals surface area contributed by atoms with Gasteiger partial charge in [-0.15, -0.1) is 0 Å². The Hall–Kier alpha value is -2.72. The van der Waals surface area contributed by atoms with Crippen LogP contribution >= 0.6 is 11.6 Å². The Bertz CT molecular complexity index is 1010. The number of esters is 1. The van der Waals surface area contributed by atoms with Gasteiger partial charge in [0.05, 0.1) is 29.5 Å². The number of rotatable bonds is 9. The van der Waals surface area contributed by atoms with Crippen LogP contribution in [0.5, 0.6) is 5.75 Å². The molecule has 1 unspecified atom stereocenters. The van der Waals surface area contributed by atoms with Crippen molar-refractivity contribution < 1.29 is 29.0 Å². The lowest BCUT2D eigenvalue weighted by molar-refractivity contribution is -0.148. The number of nitrogens with two attached hydrogens (primary N) is 1. The molecule has 3 rings (SSSR count). The second kappa shape index (κ2) is 9.40. The van der Waals surface area contributed by atoms with Crippen molar-refractivity contribution in [1.82, 2.24) is 10.1 Å². The topological polar surface area (TPSA) is 141 Å². The van der Waals surface area contributed by atoms with Gasteiger partial charge in [0.2, 0.25) is 0 Å². The van der Waals surface area contributed by atoms with E-state index >= 15 is 0 Å². The number of carbonyl (C=O) groups is 1. The van der Waals surface area contributed by atoms with E-state index in [0.717, 1.165) is 5.69 Å². The molecule has 2 aromatic heterocycles. The molecule has 4 N–H and O–H groups in total. The zero-order valence-corrected chi connectivity index (χ0v) is 17.0. The maximum absolute atomic E-state index is 12.4. The predicted octanol–water partition coefficient (Wildman–Crippen LogP) is 1.78. The number of aliphatic hydroxyl groups excluding tert-OH is 2. The highest BCUT2D eigenvalue weighted by atomic mass is 35.5. The van der Waals surface area contributed by atoms with E-state index in [0.29, 0.717) is 27.4 Å². The summed E-state index contributed by atoms with van der Waals surface area (Å²) >= 11 is 6.34. The van der Waals surface area contributed by atoms with Gasteiger partial charge in [0.25, 0.3) is 0 Å². The SMILES string of the molecule is CC(C(=O)OCC(N)(CO)CO)c1noc2cc(OCc3ccccn3)c(Cl)cc12. The van der Waals surface area contributed by atoms with Crippen molar-refractivity contribution in [3.8, 4) is 5.75 Å². The fourth-order valence-electron chi connectivity index (χ4n) is 2.61. The summed E-state index contributed by atoms with van der Waals surface area (Å²) in [6, 6.07) is 8.70. The van der Waals surface area contributed by atoms with Gasteiger partial charge < -0.3 is 29.9 Å². The Morgan fingerprint density at radius 1 is 1.33 bits per heavy atom. The molecular formula is C20H22ClN3O6. The molecule has 1 aromatic carbocycles. The second-order valence-electron chi connectivity index (χ2n) is 6.96. The molecule has 0 saturated carbocycles. The molecule has 2 heterocycles. The Kier molecular flexibility index (Phi) is 6.88. The fourth-order valence-corrected chi connectivity index (χ4v) is 2.83. The van der Waals surface area contributed by atoms with E-state index in [2.05, 4.69) is 10.1 Å². The normalized spacial score (nSPS) is 12.7. The summed E-state index contributed by atoms with van der Waals surface area (Å²) in [6.07, 6.45) is 1.67. The van der Waals surface area contributed by atoms with Crippen LogP contribution in [0.1, 0.15) is 24.2 Å². The summed E-state index contributed by atoms with van der Waals surface area (Å²) in [6.45, 7) is 0.413. The highest BCUT2D eigenvalue weighted by Crippen LogP contribution is 2.34. The van der Waals surface area contributed by atoms with Gasteiger partial charge in [0, 0.05) is 17.6 Å². The van der Waals surface area contributed by atoms with Crippen LogP contribution in [0.15, 0.2) is 41.1 Å². The number of carbonyl (C=O) groups excluding carboxylic acids is 1. The van der Waals surface area contributed by atoms with Crippen LogP contribution in [-0.2, 0) is 16.1 Å². The lowest BCUT2D eigenvalue weighted by Crippen LogP contribution is -2.52. The third-order valence-electron chi connectivity index (χ3n) is 4.55. The third kappa shape index (κ3) is 4.88. The number of hydrogen-bond acceptors (Lipinski definition) is 9. The Morgan fingerprint density at radius 2 is 2.10 bits per heavy atom. The van der Waals surface area contributed by atoms with Crippen LogP contribution in [0.4, 0.5) is 0 Å². The van der Waals surface area contributed by atoms with Crippen molar-refractivity contribution in [2.75, 3.05) is 19.8 Å². The third-order valence-corrected chi connectivity index (χ3v) is 4.84. The van der Waals surface area contributed by atoms with Crippen molar-refractivity contribution in [3.05, 3.63) is 52.9 Å². The van der Waals surface area contributed by atoms with Crippen molar-refractivity contribution in [2.24, 2.45) is 5.73 Å². The average molecular weight is 436 g/mol. The van der Waals surface area contributed by atoms with Crippen LogP contribution in [0, 0.1) is 0 Å². The number of aliphatic hydroxyl groups is 2. The maximum atomic E-state index is 12.4. The van der Waals surface area contributed by atoms with E-state index in [4.69, 9.17) is 31.3 Å². The van der Waals surface area contributed by atoms with Crippen LogP contribution < -0.4 is 10.5 Å². The zero-order chi connectivity index (χ0) is 21.7. The van der Waals surface area contributed by atoms with Gasteiger partial charge in [-0.05, 0) is 25.1 Å². The predicted molar refractivity (Wildman–Crippen MR) is 108 cm³/mol. The van der Waals surface area contributed by atoms with Crippen LogP contribution in [0.3, 0.4) is 0 Å². The minimum atomic E-state index is -1.41. The van der Waals surface area contributed by atoms with E-state index < -0.39 is 30.6 Å². The maximum Gasteiger partial charge on any atom is 0.314 e. The van der Waals surface area contributed by atoms with Gasteiger partial charge in [0.15, 0.2) is 5.58 Å². The lowest BCUT2D eigenvalue weighted by Gasteiger charge is -2.24. The quantitative estimate of drug-likeness (QED) is 0.429. The smallest absolute Gasteiger partial charge is 0.314 e. The number of aromatic nitrogens is 2. The number of nitrogens with zero attached hydrogens (tertiary/aromatic N) is 2. The highest BCUT2D eigenvalue weighted by molar-refractivity contribution is 6.32. The molecule has 0 aliphatic heterocycles. The molecule has 0 aliphatic rings. The first kappa shape index (κ1) is 22.0. The van der Waals surface area contributed by atoms with Crippen LogP contribution in [0.2, 0.25) is 5.02 Å². The summed E-state index contributed by atoms with van der Waals surface area (Å²) in [7, 11) is 0. The molecule has 9 nitrogen and oxygen atoms in total. The van der Waals surface area contributed by atoms with E-state index in [-0.39, 0.29) is 13.2 Å². The molecule has 0 bridgehead atoms. The molecule has 0 saturated heterocycles. The molecule has 0 radical (unpaired) electrons. The highest BCUT2D eigenvalue weighted by Gasteiger charge is 2.29. The minimum Gasteiger partial charge on any atom is -0.486 e. The van der Waals surface area contributed by atoms with Crippen LogP contribution in [-0.4, -0.2) is 51.7 Å². The molecular weight excluding hydrogens is 414 g/mol. The molecule has 0 fully saturated rings. The Morgan fingerprint density at radius 3 is 2.77 bits per heavy atom. The molecule has 0 spiro atoms. The van der Waals surface area contributed by atoms with Gasteiger partial charge in [-0.1, -0.05) is 22.8 Å². The standard InChI is InChI=1S/C20H22ClN3O6/c1-12(19(27)29-11-20(22,9-25)10-26)18-14-6-15(21)17(7-16(14)30-24-18)28-8-13-4-2-3-5-23-13/h2-7,12,25-26H,8-11,22H2,1H3. The first-order valence-electron chi connectivity index (χ1n) is 9.15. The first-order valence-corrected chi connectivity index (χ1v) is 9.53. The first-order chi connectivity index (χ1) is 14.4. The van der Waals surface area contributed by atoms with Crippen molar-refractivity contribution in [3.63, 3.8) is 0 Å². The summed E-state index contributed by atoms with van der Waals surface area (Å²) in [4.78, 5) is 16.6. The van der Waals surface area contributed by atoms with Crippen molar-refractivity contribution in [2.45, 2.75) is 25.0 Å². The molecule has 30 heavy (non-hydrogen) atoms. The molecule has 3 aromatic rings. The van der Waals surface area contributed by atoms with Crippen LogP contribution in [0.25, 0.3) is 11.0 Å². The van der Waals surface area contributed by atoms with Crippen molar-refractivity contribution in [1.29, 1.82) is 0 Å².